The molecule has 1 aromatic carbocycles. The van der Waals surface area contributed by atoms with Gasteiger partial charge in [0.05, 0.1) is 11.3 Å². The van der Waals surface area contributed by atoms with E-state index in [-0.39, 0.29) is 35.3 Å². The monoisotopic (exact) mass is 420 g/mol. The molecule has 1 aliphatic heterocycles. The number of allylic oxidation sites excluding steroid dienone is 1. The van der Waals surface area contributed by atoms with Gasteiger partial charge in [-0.1, -0.05) is 18.2 Å². The summed E-state index contributed by atoms with van der Waals surface area (Å²) in [7, 11) is 1.36. The van der Waals surface area contributed by atoms with E-state index in [1.54, 1.807) is 6.07 Å². The number of nitrogens with one attached hydrogen (secondary N) is 1. The lowest BCUT2D eigenvalue weighted by atomic mass is 9.76. The molecule has 0 spiro atoms. The molecule has 29 heavy (non-hydrogen) atoms. The van der Waals surface area contributed by atoms with Crippen molar-refractivity contribution in [2.75, 3.05) is 7.05 Å². The Kier molecular flexibility index (Phi) is 5.98. The number of likely N-dealkylation sites (N-methyl/N-ethyl adjacent to an activating group) is 1. The Hall–Kier alpha value is -2.03. The second-order valence-corrected chi connectivity index (χ2v) is 7.69. The van der Waals surface area contributed by atoms with Crippen LogP contribution in [-0.4, -0.2) is 30.1 Å². The van der Waals surface area contributed by atoms with Gasteiger partial charge in [-0.2, -0.15) is 26.3 Å². The summed E-state index contributed by atoms with van der Waals surface area (Å²) < 4.78 is 78.2. The number of carbonyl (C=O) groups excluding carboxylic acids is 1. The standard InChI is InChI=1S/C20H22F6N2O/c1-28-16(11-18(27-28)20(24,25)26)17(29)10-12-6-8-13(9-7-12)14-4-2-3-5-15(14)19(21,22)23/h2-5,11-13,18,27H,6-10H2,1H3. The molecular formula is C20H22F6N2O. The van der Waals surface area contributed by atoms with Gasteiger partial charge in [0.1, 0.15) is 6.04 Å². The highest BCUT2D eigenvalue weighted by molar-refractivity contribution is 5.95. The van der Waals surface area contributed by atoms with Gasteiger partial charge in [-0.15, -0.1) is 0 Å². The first-order valence-corrected chi connectivity index (χ1v) is 9.44. The molecule has 1 atom stereocenters. The normalized spacial score (nSPS) is 25.8. The molecule has 0 saturated heterocycles. The number of benzene rings is 1. The molecule has 0 amide bonds. The summed E-state index contributed by atoms with van der Waals surface area (Å²) in [5, 5.41) is 1.09. The zero-order chi connectivity index (χ0) is 21.4. The number of hydrogen-bond donors (Lipinski definition) is 1. The SMILES string of the molecule is CN1NC(C(F)(F)F)C=C1C(=O)CC1CCC(c2ccccc2C(F)(F)F)CC1. The largest absolute Gasteiger partial charge is 0.416 e. The number of alkyl halides is 6. The molecule has 1 fully saturated rings. The first kappa shape index (κ1) is 21.7. The second-order valence-electron chi connectivity index (χ2n) is 7.69. The Morgan fingerprint density at radius 2 is 1.69 bits per heavy atom. The maximum absolute atomic E-state index is 13.2. The number of halogens is 6. The van der Waals surface area contributed by atoms with Gasteiger partial charge in [-0.05, 0) is 55.2 Å². The Bertz CT molecular complexity index is 778. The van der Waals surface area contributed by atoms with E-state index in [1.807, 2.05) is 0 Å². The molecule has 0 bridgehead atoms. The van der Waals surface area contributed by atoms with Gasteiger partial charge in [-0.25, -0.2) is 5.43 Å². The van der Waals surface area contributed by atoms with Crippen molar-refractivity contribution in [2.24, 2.45) is 5.92 Å². The number of hydrogen-bond acceptors (Lipinski definition) is 3. The van der Waals surface area contributed by atoms with Crippen LogP contribution in [0.25, 0.3) is 0 Å². The smallest absolute Gasteiger partial charge is 0.307 e. The molecule has 3 rings (SSSR count). The highest BCUT2D eigenvalue weighted by Crippen LogP contribution is 2.42. The molecular weight excluding hydrogens is 398 g/mol. The average Bonchev–Trinajstić information content (AvgIpc) is 3.04. The first-order valence-electron chi connectivity index (χ1n) is 9.44. The zero-order valence-corrected chi connectivity index (χ0v) is 15.8. The Labute approximate surface area is 164 Å². The lowest BCUT2D eigenvalue weighted by molar-refractivity contribution is -0.149. The average molecular weight is 420 g/mol. The minimum absolute atomic E-state index is 0.0168. The quantitative estimate of drug-likeness (QED) is 0.680. The summed E-state index contributed by atoms with van der Waals surface area (Å²) >= 11 is 0. The molecule has 9 heteroatoms. The van der Waals surface area contributed by atoms with E-state index >= 15 is 0 Å². The fraction of sp³-hybridized carbons (Fsp3) is 0.550. The topological polar surface area (TPSA) is 32.3 Å². The summed E-state index contributed by atoms with van der Waals surface area (Å²) in [5.74, 6) is -0.661. The van der Waals surface area contributed by atoms with Crippen LogP contribution in [0.5, 0.6) is 0 Å². The summed E-state index contributed by atoms with van der Waals surface area (Å²) in [6, 6.07) is 3.65. The molecule has 2 aliphatic rings. The maximum atomic E-state index is 13.2. The predicted octanol–water partition coefficient (Wildman–Crippen LogP) is 5.20. The predicted molar refractivity (Wildman–Crippen MR) is 94.6 cm³/mol. The third kappa shape index (κ3) is 4.94. The van der Waals surface area contributed by atoms with Crippen LogP contribution in [0.4, 0.5) is 26.3 Å². The van der Waals surface area contributed by atoms with Crippen molar-refractivity contribution in [3.63, 3.8) is 0 Å². The highest BCUT2D eigenvalue weighted by atomic mass is 19.4. The zero-order valence-electron chi connectivity index (χ0n) is 15.8. The third-order valence-electron chi connectivity index (χ3n) is 5.68. The van der Waals surface area contributed by atoms with Gasteiger partial charge in [0.2, 0.25) is 0 Å². The fourth-order valence-electron chi connectivity index (χ4n) is 4.19. The number of Topliss-reactive ketones (excluding diaryl/α,β-unsaturated/α-hetero) is 1. The van der Waals surface area contributed by atoms with E-state index in [2.05, 4.69) is 5.43 Å². The second kappa shape index (κ2) is 8.01. The maximum Gasteiger partial charge on any atom is 0.416 e. The highest BCUT2D eigenvalue weighted by Gasteiger charge is 2.43. The van der Waals surface area contributed by atoms with E-state index in [0.29, 0.717) is 25.7 Å². The molecule has 160 valence electrons. The van der Waals surface area contributed by atoms with E-state index in [9.17, 15) is 31.1 Å². The van der Waals surface area contributed by atoms with Gasteiger partial charge in [0.25, 0.3) is 0 Å². The summed E-state index contributed by atoms with van der Waals surface area (Å²) in [5.41, 5.74) is 1.84. The van der Waals surface area contributed by atoms with Crippen LogP contribution in [0, 0.1) is 5.92 Å². The Balaban J connectivity index is 1.61. The number of rotatable bonds is 4. The van der Waals surface area contributed by atoms with Crippen molar-refractivity contribution >= 4 is 5.78 Å². The molecule has 1 unspecified atom stereocenters. The van der Waals surface area contributed by atoms with Crippen LogP contribution < -0.4 is 5.43 Å². The van der Waals surface area contributed by atoms with E-state index in [4.69, 9.17) is 0 Å². The molecule has 1 heterocycles. The Morgan fingerprint density at radius 3 is 2.24 bits per heavy atom. The van der Waals surface area contributed by atoms with Gasteiger partial charge in [0.15, 0.2) is 5.78 Å². The minimum atomic E-state index is -4.49. The number of carbonyl (C=O) groups is 1. The molecule has 1 aliphatic carbocycles. The first-order chi connectivity index (χ1) is 13.5. The lowest BCUT2D eigenvalue weighted by Gasteiger charge is -2.30. The van der Waals surface area contributed by atoms with Gasteiger partial charge in [-0.3, -0.25) is 4.79 Å². The van der Waals surface area contributed by atoms with Gasteiger partial charge < -0.3 is 5.01 Å². The van der Waals surface area contributed by atoms with Crippen LogP contribution in [0.2, 0.25) is 0 Å². The summed E-state index contributed by atoms with van der Waals surface area (Å²) in [6.07, 6.45) is -5.76. The molecule has 1 saturated carbocycles. The van der Waals surface area contributed by atoms with Crippen LogP contribution in [0.15, 0.2) is 36.0 Å². The van der Waals surface area contributed by atoms with E-state index < -0.39 is 24.0 Å². The molecule has 1 N–H and O–H groups in total. The molecule has 0 radical (unpaired) electrons. The van der Waals surface area contributed by atoms with Crippen LogP contribution in [-0.2, 0) is 11.0 Å². The van der Waals surface area contributed by atoms with Crippen molar-refractivity contribution in [2.45, 2.75) is 56.4 Å². The minimum Gasteiger partial charge on any atom is -0.307 e. The number of ketones is 1. The van der Waals surface area contributed by atoms with E-state index in [1.165, 1.54) is 19.2 Å². The fourth-order valence-corrected chi connectivity index (χ4v) is 4.19. The summed E-state index contributed by atoms with van der Waals surface area (Å²) in [4.78, 5) is 12.5. The van der Waals surface area contributed by atoms with Crippen LogP contribution in [0.1, 0.15) is 49.1 Å². The van der Waals surface area contributed by atoms with Crippen LogP contribution in [0.3, 0.4) is 0 Å². The third-order valence-corrected chi connectivity index (χ3v) is 5.68. The number of hydrazine groups is 1. The van der Waals surface area contributed by atoms with Crippen LogP contribution >= 0.6 is 0 Å². The molecule has 1 aromatic rings. The Morgan fingerprint density at radius 1 is 1.07 bits per heavy atom. The van der Waals surface area contributed by atoms with Gasteiger partial charge >= 0.3 is 12.4 Å². The molecule has 3 nitrogen and oxygen atoms in total. The number of nitrogens with zero attached hydrogens (tertiary/aromatic N) is 1. The van der Waals surface area contributed by atoms with Crippen molar-refractivity contribution in [1.82, 2.24) is 10.4 Å². The molecule has 0 aromatic heterocycles. The van der Waals surface area contributed by atoms with Crippen molar-refractivity contribution in [3.05, 3.63) is 47.2 Å². The van der Waals surface area contributed by atoms with Crippen molar-refractivity contribution in [1.29, 1.82) is 0 Å². The van der Waals surface area contributed by atoms with E-state index in [0.717, 1.165) is 17.2 Å². The van der Waals surface area contributed by atoms with Gasteiger partial charge in [0, 0.05) is 13.5 Å². The summed E-state index contributed by atoms with van der Waals surface area (Å²) in [6.45, 7) is 0. The van der Waals surface area contributed by atoms with Crippen molar-refractivity contribution in [3.8, 4) is 0 Å². The van der Waals surface area contributed by atoms with Crippen molar-refractivity contribution < 1.29 is 31.1 Å². The lowest BCUT2D eigenvalue weighted by Crippen LogP contribution is -2.43.